The van der Waals surface area contributed by atoms with Gasteiger partial charge in [-0.25, -0.2) is 0 Å². The van der Waals surface area contributed by atoms with Gasteiger partial charge in [-0.15, -0.1) is 0 Å². The maximum Gasteiger partial charge on any atom is 0.269 e. The van der Waals surface area contributed by atoms with Crippen molar-refractivity contribution in [3.63, 3.8) is 0 Å². The van der Waals surface area contributed by atoms with Gasteiger partial charge in [-0.3, -0.25) is 15.0 Å². The minimum Gasteiger partial charge on any atom is -0.385 e. The quantitative estimate of drug-likeness (QED) is 0.663. The molecule has 1 N–H and O–H groups in total. The second-order valence-corrected chi connectivity index (χ2v) is 5.89. The number of hydrogen-bond donors (Lipinski definition) is 1. The molecule has 2 unspecified atom stereocenters. The molecule has 1 saturated heterocycles. The van der Waals surface area contributed by atoms with Crippen LogP contribution in [0.2, 0.25) is 0 Å². The van der Waals surface area contributed by atoms with Crippen LogP contribution in [0.1, 0.15) is 31.7 Å². The molecule has 5 nitrogen and oxygen atoms in total. The lowest BCUT2D eigenvalue weighted by molar-refractivity contribution is -0.384. The Kier molecular flexibility index (Phi) is 3.61. The van der Waals surface area contributed by atoms with Crippen LogP contribution in [0.15, 0.2) is 18.2 Å². The van der Waals surface area contributed by atoms with E-state index < -0.39 is 0 Å². The van der Waals surface area contributed by atoms with E-state index in [9.17, 15) is 10.1 Å². The first-order valence-corrected chi connectivity index (χ1v) is 7.42. The van der Waals surface area contributed by atoms with Gasteiger partial charge < -0.3 is 5.32 Å². The Hall–Kier alpha value is -1.62. The summed E-state index contributed by atoms with van der Waals surface area (Å²) in [6, 6.07) is 5.83. The van der Waals surface area contributed by atoms with Gasteiger partial charge in [0.05, 0.1) is 4.92 Å². The summed E-state index contributed by atoms with van der Waals surface area (Å²) in [6.07, 6.45) is 3.96. The Balaban J connectivity index is 1.82. The van der Waals surface area contributed by atoms with Crippen LogP contribution in [0, 0.1) is 16.0 Å². The van der Waals surface area contributed by atoms with Crippen molar-refractivity contribution >= 4 is 11.4 Å². The number of hydrogen-bond acceptors (Lipinski definition) is 4. The number of nitro groups is 1. The van der Waals surface area contributed by atoms with Gasteiger partial charge >= 0.3 is 0 Å². The van der Waals surface area contributed by atoms with E-state index in [-0.39, 0.29) is 10.6 Å². The fourth-order valence-electron chi connectivity index (χ4n) is 3.63. The van der Waals surface area contributed by atoms with Crippen molar-refractivity contribution in [2.24, 2.45) is 5.92 Å². The topological polar surface area (TPSA) is 58.4 Å². The fraction of sp³-hybridized carbons (Fsp3) is 0.600. The molecule has 0 radical (unpaired) electrons. The first-order chi connectivity index (χ1) is 9.67. The van der Waals surface area contributed by atoms with E-state index >= 15 is 0 Å². The lowest BCUT2D eigenvalue weighted by Gasteiger charge is -2.27. The Morgan fingerprint density at radius 2 is 2.30 bits per heavy atom. The van der Waals surface area contributed by atoms with E-state index in [1.165, 1.54) is 19.3 Å². The molecule has 1 aromatic rings. The Labute approximate surface area is 119 Å². The predicted octanol–water partition coefficient (Wildman–Crippen LogP) is 3.01. The van der Waals surface area contributed by atoms with Crippen LogP contribution in [0.3, 0.4) is 0 Å². The maximum absolute atomic E-state index is 11.0. The number of nitrogens with one attached hydrogen (secondary N) is 1. The number of benzene rings is 1. The molecule has 108 valence electrons. The van der Waals surface area contributed by atoms with E-state index in [1.807, 2.05) is 13.0 Å². The van der Waals surface area contributed by atoms with Gasteiger partial charge in [0.15, 0.2) is 0 Å². The molecule has 5 heteroatoms. The van der Waals surface area contributed by atoms with Crippen LogP contribution in [0.25, 0.3) is 0 Å². The Morgan fingerprint density at radius 1 is 1.45 bits per heavy atom. The molecule has 0 aromatic heterocycles. The summed E-state index contributed by atoms with van der Waals surface area (Å²) in [4.78, 5) is 13.1. The molecule has 1 saturated carbocycles. The number of nitro benzene ring substituents is 1. The predicted molar refractivity (Wildman–Crippen MR) is 78.8 cm³/mol. The molecule has 1 aliphatic carbocycles. The van der Waals surface area contributed by atoms with Gasteiger partial charge in [-0.1, -0.05) is 0 Å². The normalized spacial score (nSPS) is 25.1. The molecule has 20 heavy (non-hydrogen) atoms. The monoisotopic (exact) mass is 275 g/mol. The zero-order valence-corrected chi connectivity index (χ0v) is 11.8. The highest BCUT2D eigenvalue weighted by Crippen LogP contribution is 2.39. The second kappa shape index (κ2) is 5.40. The van der Waals surface area contributed by atoms with Gasteiger partial charge in [0.2, 0.25) is 0 Å². The smallest absolute Gasteiger partial charge is 0.269 e. The molecular formula is C15H21N3O2. The molecule has 2 bridgehead atoms. The third kappa shape index (κ3) is 2.50. The molecular weight excluding hydrogens is 254 g/mol. The minimum atomic E-state index is -0.310. The summed E-state index contributed by atoms with van der Waals surface area (Å²) in [5, 5.41) is 14.3. The van der Waals surface area contributed by atoms with Crippen molar-refractivity contribution in [1.29, 1.82) is 0 Å². The molecule has 1 heterocycles. The third-order valence-corrected chi connectivity index (χ3v) is 4.56. The van der Waals surface area contributed by atoms with E-state index in [0.717, 1.165) is 36.8 Å². The number of likely N-dealkylation sites (tertiary alicyclic amines) is 1. The first-order valence-electron chi connectivity index (χ1n) is 7.42. The zero-order valence-electron chi connectivity index (χ0n) is 11.8. The SMILES string of the molecule is CCNc1ccc([N+](=O)[O-])cc1CN1CC2CCC1C2. The zero-order chi connectivity index (χ0) is 14.1. The largest absolute Gasteiger partial charge is 0.385 e. The summed E-state index contributed by atoms with van der Waals surface area (Å²) in [6.45, 7) is 4.85. The van der Waals surface area contributed by atoms with Crippen molar-refractivity contribution in [2.45, 2.75) is 38.8 Å². The van der Waals surface area contributed by atoms with E-state index in [1.54, 1.807) is 12.1 Å². The van der Waals surface area contributed by atoms with Crippen molar-refractivity contribution in [3.8, 4) is 0 Å². The summed E-state index contributed by atoms with van der Waals surface area (Å²) < 4.78 is 0. The average molecular weight is 275 g/mol. The summed E-state index contributed by atoms with van der Waals surface area (Å²) in [5.74, 6) is 0.848. The average Bonchev–Trinajstić information content (AvgIpc) is 3.03. The maximum atomic E-state index is 11.0. The van der Waals surface area contributed by atoms with Crippen molar-refractivity contribution in [2.75, 3.05) is 18.4 Å². The lowest BCUT2D eigenvalue weighted by atomic mass is 10.1. The number of rotatable bonds is 5. The number of anilines is 1. The van der Waals surface area contributed by atoms with Gasteiger partial charge in [0, 0.05) is 43.5 Å². The summed E-state index contributed by atoms with van der Waals surface area (Å²) in [5.41, 5.74) is 2.26. The number of fused-ring (bicyclic) bond motifs is 2. The van der Waals surface area contributed by atoms with Gasteiger partial charge in [-0.05, 0) is 43.7 Å². The van der Waals surface area contributed by atoms with Crippen LogP contribution in [0.4, 0.5) is 11.4 Å². The molecule has 2 atom stereocenters. The molecule has 1 aliphatic heterocycles. The fourth-order valence-corrected chi connectivity index (χ4v) is 3.63. The minimum absolute atomic E-state index is 0.186. The second-order valence-electron chi connectivity index (χ2n) is 5.89. The van der Waals surface area contributed by atoms with Crippen LogP contribution >= 0.6 is 0 Å². The van der Waals surface area contributed by atoms with Crippen molar-refractivity contribution < 1.29 is 4.92 Å². The van der Waals surface area contributed by atoms with Gasteiger partial charge in [0.1, 0.15) is 0 Å². The van der Waals surface area contributed by atoms with Crippen molar-refractivity contribution in [3.05, 3.63) is 33.9 Å². The number of non-ortho nitro benzene ring substituents is 1. The highest BCUT2D eigenvalue weighted by atomic mass is 16.6. The van der Waals surface area contributed by atoms with Gasteiger partial charge in [0.25, 0.3) is 5.69 Å². The highest BCUT2D eigenvalue weighted by molar-refractivity contribution is 5.56. The van der Waals surface area contributed by atoms with Crippen LogP contribution in [0.5, 0.6) is 0 Å². The molecule has 0 amide bonds. The number of nitrogens with zero attached hydrogens (tertiary/aromatic N) is 2. The van der Waals surface area contributed by atoms with Crippen LogP contribution < -0.4 is 5.32 Å². The summed E-state index contributed by atoms with van der Waals surface area (Å²) in [7, 11) is 0. The molecule has 2 fully saturated rings. The first kappa shape index (κ1) is 13.4. The lowest BCUT2D eigenvalue weighted by Crippen LogP contribution is -2.31. The standard InChI is InChI=1S/C15H21N3O2/c1-2-16-15-6-5-14(18(19)20)8-12(15)10-17-9-11-3-4-13(17)7-11/h5-6,8,11,13,16H,2-4,7,9-10H2,1H3. The van der Waals surface area contributed by atoms with Gasteiger partial charge in [-0.2, -0.15) is 0 Å². The molecule has 3 rings (SSSR count). The molecule has 2 aliphatic rings. The molecule has 0 spiro atoms. The Morgan fingerprint density at radius 3 is 2.90 bits per heavy atom. The van der Waals surface area contributed by atoms with E-state index in [0.29, 0.717) is 6.04 Å². The van der Waals surface area contributed by atoms with E-state index in [2.05, 4.69) is 10.2 Å². The molecule has 1 aromatic carbocycles. The van der Waals surface area contributed by atoms with Crippen LogP contribution in [-0.2, 0) is 6.54 Å². The van der Waals surface area contributed by atoms with E-state index in [4.69, 9.17) is 0 Å². The number of piperidine rings is 1. The Bertz CT molecular complexity index is 518. The third-order valence-electron chi connectivity index (χ3n) is 4.56. The highest BCUT2D eigenvalue weighted by Gasteiger charge is 2.37. The van der Waals surface area contributed by atoms with Crippen molar-refractivity contribution in [1.82, 2.24) is 4.90 Å². The summed E-state index contributed by atoms with van der Waals surface area (Å²) >= 11 is 0. The van der Waals surface area contributed by atoms with Crippen LogP contribution in [-0.4, -0.2) is 29.0 Å².